The largest absolute Gasteiger partial charge is 0.467 e. The summed E-state index contributed by atoms with van der Waals surface area (Å²) in [6, 6.07) is 7.33. The fourth-order valence-electron chi connectivity index (χ4n) is 1.76. The van der Waals surface area contributed by atoms with Crippen molar-refractivity contribution in [1.82, 2.24) is 4.98 Å². The Kier molecular flexibility index (Phi) is 3.77. The van der Waals surface area contributed by atoms with E-state index in [2.05, 4.69) is 9.88 Å². The lowest BCUT2D eigenvalue weighted by Crippen LogP contribution is -2.23. The van der Waals surface area contributed by atoms with E-state index in [0.29, 0.717) is 12.1 Å². The molecule has 2 aromatic heterocycles. The van der Waals surface area contributed by atoms with Crippen LogP contribution in [-0.4, -0.2) is 17.3 Å². The second-order valence-electron chi connectivity index (χ2n) is 4.05. The van der Waals surface area contributed by atoms with Crippen molar-refractivity contribution >= 4 is 11.6 Å². The van der Waals surface area contributed by atoms with Gasteiger partial charge in [0.2, 0.25) is 0 Å². The highest BCUT2D eigenvalue weighted by atomic mass is 16.3. The molecule has 2 rings (SSSR count). The molecular formula is C14H16N2O2. The van der Waals surface area contributed by atoms with E-state index >= 15 is 0 Å². The van der Waals surface area contributed by atoms with Gasteiger partial charge in [-0.2, -0.15) is 0 Å². The number of pyridine rings is 1. The SMILES string of the molecule is CCN(Cc1ccco1)c1cc(C(C)=O)ccn1. The number of furan rings is 1. The van der Waals surface area contributed by atoms with E-state index in [9.17, 15) is 4.79 Å². The van der Waals surface area contributed by atoms with Crippen molar-refractivity contribution in [3.05, 3.63) is 48.0 Å². The molecule has 4 heteroatoms. The van der Waals surface area contributed by atoms with E-state index in [1.807, 2.05) is 25.1 Å². The maximum atomic E-state index is 11.4. The molecule has 0 unspecified atom stereocenters. The minimum Gasteiger partial charge on any atom is -0.467 e. The molecule has 0 aromatic carbocycles. The van der Waals surface area contributed by atoms with Crippen LogP contribution in [0.3, 0.4) is 0 Å². The van der Waals surface area contributed by atoms with Crippen molar-refractivity contribution in [2.24, 2.45) is 0 Å². The zero-order chi connectivity index (χ0) is 13.0. The van der Waals surface area contributed by atoms with Crippen LogP contribution in [0.5, 0.6) is 0 Å². The Morgan fingerprint density at radius 3 is 2.89 bits per heavy atom. The zero-order valence-corrected chi connectivity index (χ0v) is 10.6. The van der Waals surface area contributed by atoms with Crippen molar-refractivity contribution in [2.75, 3.05) is 11.4 Å². The van der Waals surface area contributed by atoms with Gasteiger partial charge in [-0.1, -0.05) is 0 Å². The monoisotopic (exact) mass is 244 g/mol. The molecule has 2 aromatic rings. The Bertz CT molecular complexity index is 520. The Hall–Kier alpha value is -2.10. The van der Waals surface area contributed by atoms with Crippen LogP contribution in [-0.2, 0) is 6.54 Å². The molecule has 0 atom stereocenters. The standard InChI is InChI=1S/C14H16N2O2/c1-3-16(10-13-5-4-8-18-13)14-9-12(11(2)17)6-7-15-14/h4-9H,3,10H2,1-2H3. The molecule has 0 aliphatic heterocycles. The first-order chi connectivity index (χ1) is 8.70. The lowest BCUT2D eigenvalue weighted by molar-refractivity contribution is 0.101. The van der Waals surface area contributed by atoms with Crippen LogP contribution in [0, 0.1) is 0 Å². The van der Waals surface area contributed by atoms with Crippen molar-refractivity contribution in [2.45, 2.75) is 20.4 Å². The average molecular weight is 244 g/mol. The normalized spacial score (nSPS) is 10.3. The molecule has 0 saturated carbocycles. The van der Waals surface area contributed by atoms with Gasteiger partial charge in [0.25, 0.3) is 0 Å². The first-order valence-electron chi connectivity index (χ1n) is 5.95. The smallest absolute Gasteiger partial charge is 0.159 e. The van der Waals surface area contributed by atoms with Crippen LogP contribution >= 0.6 is 0 Å². The van der Waals surface area contributed by atoms with Crippen molar-refractivity contribution in [3.8, 4) is 0 Å². The van der Waals surface area contributed by atoms with E-state index in [4.69, 9.17) is 4.42 Å². The molecule has 0 amide bonds. The summed E-state index contributed by atoms with van der Waals surface area (Å²) in [6.07, 6.45) is 3.32. The Labute approximate surface area is 106 Å². The number of Topliss-reactive ketones (excluding diaryl/α,β-unsaturated/α-hetero) is 1. The Morgan fingerprint density at radius 2 is 2.28 bits per heavy atom. The summed E-state index contributed by atoms with van der Waals surface area (Å²) >= 11 is 0. The number of anilines is 1. The number of ketones is 1. The molecule has 0 N–H and O–H groups in total. The van der Waals surface area contributed by atoms with Crippen molar-refractivity contribution in [3.63, 3.8) is 0 Å². The third kappa shape index (κ3) is 2.77. The Balaban J connectivity index is 2.21. The first-order valence-corrected chi connectivity index (χ1v) is 5.95. The molecule has 18 heavy (non-hydrogen) atoms. The van der Waals surface area contributed by atoms with Gasteiger partial charge >= 0.3 is 0 Å². The molecule has 4 nitrogen and oxygen atoms in total. The number of carbonyl (C=O) groups excluding carboxylic acids is 1. The average Bonchev–Trinajstić information content (AvgIpc) is 2.89. The third-order valence-corrected chi connectivity index (χ3v) is 2.78. The second-order valence-corrected chi connectivity index (χ2v) is 4.05. The summed E-state index contributed by atoms with van der Waals surface area (Å²) < 4.78 is 5.33. The molecule has 0 spiro atoms. The van der Waals surface area contributed by atoms with E-state index in [-0.39, 0.29) is 5.78 Å². The minimum absolute atomic E-state index is 0.0488. The topological polar surface area (TPSA) is 46.3 Å². The number of hydrogen-bond acceptors (Lipinski definition) is 4. The van der Waals surface area contributed by atoms with E-state index in [1.54, 1.807) is 25.5 Å². The number of rotatable bonds is 5. The van der Waals surface area contributed by atoms with Gasteiger partial charge in [-0.15, -0.1) is 0 Å². The second kappa shape index (κ2) is 5.49. The van der Waals surface area contributed by atoms with Gasteiger partial charge in [0.05, 0.1) is 12.8 Å². The van der Waals surface area contributed by atoms with Gasteiger partial charge in [-0.25, -0.2) is 4.98 Å². The molecule has 0 aliphatic rings. The lowest BCUT2D eigenvalue weighted by atomic mass is 10.2. The number of nitrogens with zero attached hydrogens (tertiary/aromatic N) is 2. The molecular weight excluding hydrogens is 228 g/mol. The Morgan fingerprint density at radius 1 is 1.44 bits per heavy atom. The number of hydrogen-bond donors (Lipinski definition) is 0. The highest BCUT2D eigenvalue weighted by molar-refractivity contribution is 5.94. The summed E-state index contributed by atoms with van der Waals surface area (Å²) in [4.78, 5) is 17.7. The molecule has 94 valence electrons. The molecule has 2 heterocycles. The van der Waals surface area contributed by atoms with Crippen LogP contribution in [0.4, 0.5) is 5.82 Å². The van der Waals surface area contributed by atoms with Crippen molar-refractivity contribution < 1.29 is 9.21 Å². The lowest BCUT2D eigenvalue weighted by Gasteiger charge is -2.20. The fraction of sp³-hybridized carbons (Fsp3) is 0.286. The molecule has 0 fully saturated rings. The van der Waals surface area contributed by atoms with Crippen LogP contribution in [0.1, 0.15) is 30.0 Å². The minimum atomic E-state index is 0.0488. The molecule has 0 aliphatic carbocycles. The summed E-state index contributed by atoms with van der Waals surface area (Å²) in [5.74, 6) is 1.72. The van der Waals surface area contributed by atoms with Crippen molar-refractivity contribution in [1.29, 1.82) is 0 Å². The maximum Gasteiger partial charge on any atom is 0.159 e. The maximum absolute atomic E-state index is 11.4. The summed E-state index contributed by atoms with van der Waals surface area (Å²) in [7, 11) is 0. The highest BCUT2D eigenvalue weighted by Crippen LogP contribution is 2.16. The van der Waals surface area contributed by atoms with Crippen LogP contribution < -0.4 is 4.90 Å². The van der Waals surface area contributed by atoms with Gasteiger partial charge in [-0.3, -0.25) is 4.79 Å². The predicted octanol–water partition coefficient (Wildman–Crippen LogP) is 2.90. The third-order valence-electron chi connectivity index (χ3n) is 2.78. The summed E-state index contributed by atoms with van der Waals surface area (Å²) in [6.45, 7) is 5.06. The molecule has 0 saturated heterocycles. The van der Waals surface area contributed by atoms with Gasteiger partial charge < -0.3 is 9.32 Å². The van der Waals surface area contributed by atoms with Gasteiger partial charge in [-0.05, 0) is 38.1 Å². The van der Waals surface area contributed by atoms with Gasteiger partial charge in [0.1, 0.15) is 11.6 Å². The van der Waals surface area contributed by atoms with Crippen LogP contribution in [0.25, 0.3) is 0 Å². The van der Waals surface area contributed by atoms with Gasteiger partial charge in [0.15, 0.2) is 5.78 Å². The summed E-state index contributed by atoms with van der Waals surface area (Å²) in [5, 5.41) is 0. The highest BCUT2D eigenvalue weighted by Gasteiger charge is 2.10. The van der Waals surface area contributed by atoms with E-state index in [0.717, 1.165) is 18.1 Å². The van der Waals surface area contributed by atoms with E-state index < -0.39 is 0 Å². The molecule has 0 radical (unpaired) electrons. The van der Waals surface area contributed by atoms with Crippen LogP contribution in [0.2, 0.25) is 0 Å². The first kappa shape index (κ1) is 12.4. The molecule has 0 bridgehead atoms. The predicted molar refractivity (Wildman–Crippen MR) is 69.7 cm³/mol. The zero-order valence-electron chi connectivity index (χ0n) is 10.6. The number of carbonyl (C=O) groups is 1. The summed E-state index contributed by atoms with van der Waals surface area (Å²) in [5.41, 5.74) is 0.679. The quantitative estimate of drug-likeness (QED) is 0.759. The number of aromatic nitrogens is 1. The van der Waals surface area contributed by atoms with E-state index in [1.165, 1.54) is 0 Å². The van der Waals surface area contributed by atoms with Crippen LogP contribution in [0.15, 0.2) is 41.1 Å². The van der Waals surface area contributed by atoms with Gasteiger partial charge in [0, 0.05) is 18.3 Å². The fourth-order valence-corrected chi connectivity index (χ4v) is 1.76.